The first kappa shape index (κ1) is 30.1. The van der Waals surface area contributed by atoms with Crippen LogP contribution in [0.15, 0.2) is 80.0 Å². The van der Waals surface area contributed by atoms with Gasteiger partial charge in [-0.25, -0.2) is 10.4 Å². The highest BCUT2D eigenvalue weighted by Gasteiger charge is 2.15. The molecule has 0 spiro atoms. The summed E-state index contributed by atoms with van der Waals surface area (Å²) in [6, 6.07) is 19.6. The fourth-order valence-corrected chi connectivity index (χ4v) is 5.95. The number of ether oxygens (including phenoxy) is 2. The van der Waals surface area contributed by atoms with Gasteiger partial charge in [-0.2, -0.15) is 5.10 Å². The molecule has 6 nitrogen and oxygen atoms in total. The van der Waals surface area contributed by atoms with E-state index in [1.165, 1.54) is 28.7 Å². The second-order valence-electron chi connectivity index (χ2n) is 9.86. The number of amides is 1. The molecule has 1 N–H and O–H groups in total. The predicted molar refractivity (Wildman–Crippen MR) is 169 cm³/mol. The quantitative estimate of drug-likeness (QED) is 0.105. The van der Waals surface area contributed by atoms with Crippen molar-refractivity contribution >= 4 is 62.8 Å². The second kappa shape index (κ2) is 13.7. The van der Waals surface area contributed by atoms with Crippen LogP contribution in [-0.4, -0.2) is 30.0 Å². The summed E-state index contributed by atoms with van der Waals surface area (Å²) in [6.07, 6.45) is 1.56. The molecule has 1 amide bonds. The van der Waals surface area contributed by atoms with Gasteiger partial charge in [-0.3, -0.25) is 4.79 Å². The Bertz CT molecular complexity index is 1480. The third-order valence-electron chi connectivity index (χ3n) is 5.81. The molecule has 4 rings (SSSR count). The van der Waals surface area contributed by atoms with E-state index in [-0.39, 0.29) is 17.1 Å². The van der Waals surface area contributed by atoms with E-state index in [1.54, 1.807) is 19.4 Å². The maximum atomic E-state index is 12.3. The first-order chi connectivity index (χ1) is 19.1. The van der Waals surface area contributed by atoms with Gasteiger partial charge in [-0.1, -0.05) is 80.5 Å². The standard InChI is InChI=1S/C30H29BrClN3O3S2/c1-30(2,3)22-9-5-19(6-10-22)16-38-28-24(31)13-20(14-26(28)37-4)15-33-35-27(36)18-40-29-34-25(17-39-29)21-7-11-23(32)12-8-21/h5-15,17H,16,18H2,1-4H3,(H,35,36)/b33-15+. The number of thioether (sulfide) groups is 1. The molecule has 3 aromatic carbocycles. The summed E-state index contributed by atoms with van der Waals surface area (Å²) in [5.74, 6) is 1.13. The van der Waals surface area contributed by atoms with E-state index in [9.17, 15) is 4.79 Å². The number of halogens is 2. The van der Waals surface area contributed by atoms with Gasteiger partial charge in [0.25, 0.3) is 5.91 Å². The average Bonchev–Trinajstić information content (AvgIpc) is 3.40. The van der Waals surface area contributed by atoms with Gasteiger partial charge in [0.1, 0.15) is 6.61 Å². The number of methoxy groups -OCH3 is 1. The Hall–Kier alpha value is -2.85. The van der Waals surface area contributed by atoms with Crippen molar-refractivity contribution in [2.75, 3.05) is 12.9 Å². The van der Waals surface area contributed by atoms with Gasteiger partial charge >= 0.3 is 0 Å². The van der Waals surface area contributed by atoms with E-state index >= 15 is 0 Å². The molecule has 0 radical (unpaired) electrons. The minimum absolute atomic E-state index is 0.102. The number of hydrazone groups is 1. The molecule has 0 aliphatic rings. The van der Waals surface area contributed by atoms with Crippen molar-refractivity contribution in [3.8, 4) is 22.8 Å². The predicted octanol–water partition coefficient (Wildman–Crippen LogP) is 8.35. The largest absolute Gasteiger partial charge is 0.493 e. The van der Waals surface area contributed by atoms with Crippen molar-refractivity contribution in [3.63, 3.8) is 0 Å². The van der Waals surface area contributed by atoms with Crippen LogP contribution in [0.25, 0.3) is 11.3 Å². The Labute approximate surface area is 256 Å². The van der Waals surface area contributed by atoms with Crippen molar-refractivity contribution in [1.29, 1.82) is 0 Å². The van der Waals surface area contributed by atoms with Crippen LogP contribution in [0.1, 0.15) is 37.5 Å². The van der Waals surface area contributed by atoms with Crippen molar-refractivity contribution in [2.45, 2.75) is 37.1 Å². The van der Waals surface area contributed by atoms with Crippen LogP contribution in [0.4, 0.5) is 0 Å². The molecule has 0 aliphatic heterocycles. The topological polar surface area (TPSA) is 72.8 Å². The van der Waals surface area contributed by atoms with Gasteiger partial charge in [0.2, 0.25) is 0 Å². The van der Waals surface area contributed by atoms with Gasteiger partial charge in [-0.05, 0) is 62.3 Å². The van der Waals surface area contributed by atoms with Gasteiger partial charge in [0.15, 0.2) is 15.8 Å². The summed E-state index contributed by atoms with van der Waals surface area (Å²) in [4.78, 5) is 16.9. The van der Waals surface area contributed by atoms with E-state index < -0.39 is 0 Å². The van der Waals surface area contributed by atoms with Gasteiger partial charge < -0.3 is 9.47 Å². The van der Waals surface area contributed by atoms with Crippen LogP contribution >= 0.6 is 50.6 Å². The van der Waals surface area contributed by atoms with Gasteiger partial charge in [0, 0.05) is 16.0 Å². The number of nitrogens with zero attached hydrogens (tertiary/aromatic N) is 2. The minimum atomic E-state index is -0.229. The molecule has 0 aliphatic carbocycles. The number of carbonyl (C=O) groups excluding carboxylic acids is 1. The normalized spacial score (nSPS) is 11.6. The second-order valence-corrected chi connectivity index (χ2v) is 13.2. The molecule has 0 saturated heterocycles. The Kier molecular flexibility index (Phi) is 10.3. The number of aromatic nitrogens is 1. The number of hydrogen-bond acceptors (Lipinski definition) is 7. The van der Waals surface area contributed by atoms with E-state index in [0.29, 0.717) is 23.1 Å². The fraction of sp³-hybridized carbons (Fsp3) is 0.233. The molecule has 0 atom stereocenters. The Balaban J connectivity index is 1.30. The number of nitrogens with one attached hydrogen (secondary N) is 1. The minimum Gasteiger partial charge on any atom is -0.493 e. The lowest BCUT2D eigenvalue weighted by atomic mass is 9.87. The fourth-order valence-electron chi connectivity index (χ4n) is 3.63. The van der Waals surface area contributed by atoms with Crippen LogP contribution < -0.4 is 14.9 Å². The molecule has 4 aromatic rings. The summed E-state index contributed by atoms with van der Waals surface area (Å²) < 4.78 is 13.2. The monoisotopic (exact) mass is 657 g/mol. The summed E-state index contributed by atoms with van der Waals surface area (Å²) in [5.41, 5.74) is 7.58. The zero-order valence-corrected chi connectivity index (χ0v) is 26.5. The summed E-state index contributed by atoms with van der Waals surface area (Å²) in [7, 11) is 1.59. The number of carbonyl (C=O) groups is 1. The van der Waals surface area contributed by atoms with Crippen molar-refractivity contribution in [2.24, 2.45) is 5.10 Å². The highest BCUT2D eigenvalue weighted by Crippen LogP contribution is 2.37. The van der Waals surface area contributed by atoms with E-state index in [0.717, 1.165) is 31.2 Å². The smallest absolute Gasteiger partial charge is 0.250 e. The van der Waals surface area contributed by atoms with Crippen LogP contribution in [0.2, 0.25) is 5.02 Å². The molecule has 10 heteroatoms. The molecular weight excluding hydrogens is 630 g/mol. The van der Waals surface area contributed by atoms with Crippen LogP contribution in [0.5, 0.6) is 11.5 Å². The SMILES string of the molecule is COc1cc(/C=N/NC(=O)CSc2nc(-c3ccc(Cl)cc3)cs2)cc(Br)c1OCc1ccc(C(C)(C)C)cc1. The molecule has 208 valence electrons. The van der Waals surface area contributed by atoms with Crippen LogP contribution in [-0.2, 0) is 16.8 Å². The number of hydrogen-bond donors (Lipinski definition) is 1. The molecule has 0 fully saturated rings. The van der Waals surface area contributed by atoms with E-state index in [1.807, 2.05) is 35.7 Å². The summed E-state index contributed by atoms with van der Waals surface area (Å²) in [5, 5.41) is 6.74. The molecule has 1 aromatic heterocycles. The maximum absolute atomic E-state index is 12.3. The maximum Gasteiger partial charge on any atom is 0.250 e. The molecule has 40 heavy (non-hydrogen) atoms. The summed E-state index contributed by atoms with van der Waals surface area (Å²) in [6.45, 7) is 6.98. The number of benzene rings is 3. The van der Waals surface area contributed by atoms with E-state index in [2.05, 4.69) is 76.5 Å². The lowest BCUT2D eigenvalue weighted by Crippen LogP contribution is -2.19. The Morgan fingerprint density at radius 3 is 2.55 bits per heavy atom. The highest BCUT2D eigenvalue weighted by atomic mass is 79.9. The van der Waals surface area contributed by atoms with Crippen molar-refractivity contribution < 1.29 is 14.3 Å². The zero-order valence-electron chi connectivity index (χ0n) is 22.5. The van der Waals surface area contributed by atoms with E-state index in [4.69, 9.17) is 21.1 Å². The van der Waals surface area contributed by atoms with Crippen molar-refractivity contribution in [1.82, 2.24) is 10.4 Å². The first-order valence-corrected chi connectivity index (χ1v) is 15.4. The molecule has 0 saturated carbocycles. The highest BCUT2D eigenvalue weighted by molar-refractivity contribution is 9.10. The third kappa shape index (κ3) is 8.33. The van der Waals surface area contributed by atoms with Crippen molar-refractivity contribution in [3.05, 3.63) is 92.2 Å². The van der Waals surface area contributed by atoms with Gasteiger partial charge in [0.05, 0.1) is 29.2 Å². The Morgan fingerprint density at radius 1 is 1.15 bits per heavy atom. The van der Waals surface area contributed by atoms with Crippen LogP contribution in [0.3, 0.4) is 0 Å². The average molecular weight is 659 g/mol. The number of thiazole rings is 1. The molecule has 0 bridgehead atoms. The Morgan fingerprint density at radius 2 is 1.88 bits per heavy atom. The van der Waals surface area contributed by atoms with Gasteiger partial charge in [-0.15, -0.1) is 11.3 Å². The molecular formula is C30H29BrClN3O3S2. The molecule has 0 unspecified atom stereocenters. The lowest BCUT2D eigenvalue weighted by molar-refractivity contribution is -0.118. The number of rotatable bonds is 10. The lowest BCUT2D eigenvalue weighted by Gasteiger charge is -2.19. The summed E-state index contributed by atoms with van der Waals surface area (Å²) >= 11 is 12.4. The third-order valence-corrected chi connectivity index (χ3v) is 8.67. The van der Waals surface area contributed by atoms with Crippen LogP contribution in [0, 0.1) is 0 Å². The molecule has 1 heterocycles. The zero-order chi connectivity index (χ0) is 28.7. The first-order valence-electron chi connectivity index (χ1n) is 12.4.